The molecule has 1 aliphatic rings. The van der Waals surface area contributed by atoms with Crippen LogP contribution in [0.3, 0.4) is 0 Å². The van der Waals surface area contributed by atoms with Gasteiger partial charge < -0.3 is 30.3 Å². The van der Waals surface area contributed by atoms with Gasteiger partial charge in [0.05, 0.1) is 0 Å². The van der Waals surface area contributed by atoms with Crippen molar-refractivity contribution in [2.45, 2.75) is 31.8 Å². The number of hydrogen-bond donors (Lipinski definition) is 4. The molecule has 8 nitrogen and oxygen atoms in total. The van der Waals surface area contributed by atoms with E-state index in [1.807, 2.05) is 0 Å². The fourth-order valence-electron chi connectivity index (χ4n) is 3.66. The molecule has 0 amide bonds. The fourth-order valence-corrected chi connectivity index (χ4v) is 3.66. The zero-order valence-corrected chi connectivity index (χ0v) is 17.1. The van der Waals surface area contributed by atoms with Gasteiger partial charge in [0.1, 0.15) is 11.9 Å². The van der Waals surface area contributed by atoms with Crippen LogP contribution in [0.25, 0.3) is 12.2 Å². The highest BCUT2D eigenvalue weighted by Gasteiger charge is 2.28. The molecule has 32 heavy (non-hydrogen) atoms. The first kappa shape index (κ1) is 22.7. The van der Waals surface area contributed by atoms with E-state index in [4.69, 9.17) is 4.74 Å². The molecule has 3 rings (SSSR count). The van der Waals surface area contributed by atoms with Gasteiger partial charge in [-0.05, 0) is 73.1 Å². The molecule has 0 spiro atoms. The Balaban J connectivity index is 1.58. The summed E-state index contributed by atoms with van der Waals surface area (Å²) in [7, 11) is 0. The van der Waals surface area contributed by atoms with Gasteiger partial charge in [0, 0.05) is 11.6 Å². The first-order valence-electron chi connectivity index (χ1n) is 10.1. The number of aromatic hydroxyl groups is 3. The highest BCUT2D eigenvalue weighted by atomic mass is 16.5. The summed E-state index contributed by atoms with van der Waals surface area (Å²) in [5, 5.41) is 49.3. The predicted octanol–water partition coefficient (Wildman–Crippen LogP) is 3.16. The van der Waals surface area contributed by atoms with Gasteiger partial charge in [-0.25, -0.2) is 9.59 Å². The number of rotatable bonds is 6. The molecule has 168 valence electrons. The smallest absolute Gasteiger partial charge is 0.331 e. The fraction of sp³-hybridized carbons (Fsp3) is 0.250. The molecule has 0 aliphatic heterocycles. The van der Waals surface area contributed by atoms with E-state index in [0.717, 1.165) is 0 Å². The standard InChI is InChI=1S/C24H24O8/c25-19-8-1-14(12-21(19)27)3-10-23(29)32-17-6-4-16(5-7-17)18(24(30)31)11-15-2-9-20(26)22(28)13-15/h1-3,8-13,16-17,25-28H,4-7H2,(H,30,31)/p-1/b10-3+,18-11-. The van der Waals surface area contributed by atoms with Gasteiger partial charge in [0.2, 0.25) is 0 Å². The normalized spacial score (nSPS) is 19.1. The Morgan fingerprint density at radius 3 is 2.19 bits per heavy atom. The number of phenolic OH excluding ortho intramolecular Hbond substituents is 3. The Morgan fingerprint density at radius 1 is 0.906 bits per heavy atom. The highest BCUT2D eigenvalue weighted by Crippen LogP contribution is 2.33. The maximum absolute atomic E-state index is 12.1. The van der Waals surface area contributed by atoms with Gasteiger partial charge >= 0.3 is 11.9 Å². The van der Waals surface area contributed by atoms with E-state index in [-0.39, 0.29) is 29.1 Å². The van der Waals surface area contributed by atoms with Crippen LogP contribution in [0.1, 0.15) is 36.8 Å². The number of carbonyl (C=O) groups is 2. The van der Waals surface area contributed by atoms with E-state index in [9.17, 15) is 35.1 Å². The van der Waals surface area contributed by atoms with Gasteiger partial charge in [-0.2, -0.15) is 0 Å². The lowest BCUT2D eigenvalue weighted by Crippen LogP contribution is -2.26. The minimum atomic E-state index is -1.07. The number of carboxylic acid groups (broad SMARTS) is 1. The van der Waals surface area contributed by atoms with Gasteiger partial charge in [-0.1, -0.05) is 23.9 Å². The van der Waals surface area contributed by atoms with Crippen molar-refractivity contribution in [1.82, 2.24) is 0 Å². The molecule has 8 heteroatoms. The van der Waals surface area contributed by atoms with Crippen LogP contribution in [-0.4, -0.2) is 38.5 Å². The van der Waals surface area contributed by atoms with Crippen molar-refractivity contribution < 1.29 is 39.9 Å². The van der Waals surface area contributed by atoms with Crippen LogP contribution in [0, 0.1) is 5.92 Å². The summed E-state index contributed by atoms with van der Waals surface area (Å²) in [6.07, 6.45) is 5.82. The van der Waals surface area contributed by atoms with Crippen molar-refractivity contribution in [1.29, 1.82) is 0 Å². The lowest BCUT2D eigenvalue weighted by atomic mass is 9.81. The molecular weight excluding hydrogens is 416 g/mol. The molecule has 2 aromatic carbocycles. The second kappa shape index (κ2) is 9.91. The lowest BCUT2D eigenvalue weighted by molar-refractivity contribution is -0.270. The third-order valence-electron chi connectivity index (χ3n) is 5.36. The molecule has 2 aromatic rings. The molecule has 0 aromatic heterocycles. The third-order valence-corrected chi connectivity index (χ3v) is 5.36. The van der Waals surface area contributed by atoms with Crippen LogP contribution < -0.4 is 5.11 Å². The summed E-state index contributed by atoms with van der Waals surface area (Å²) in [6.45, 7) is 0. The molecule has 0 atom stereocenters. The summed E-state index contributed by atoms with van der Waals surface area (Å²) >= 11 is 0. The quantitative estimate of drug-likeness (QED) is 0.305. The number of aliphatic carboxylic acids is 1. The Labute approximate surface area is 184 Å². The summed E-state index contributed by atoms with van der Waals surface area (Å²) < 4.78 is 5.43. The Kier molecular flexibility index (Phi) is 7.04. The Morgan fingerprint density at radius 2 is 1.56 bits per heavy atom. The maximum Gasteiger partial charge on any atom is 0.331 e. The molecule has 0 bridgehead atoms. The Bertz CT molecular complexity index is 1060. The van der Waals surface area contributed by atoms with Crippen LogP contribution >= 0.6 is 0 Å². The Hall–Kier alpha value is -3.94. The van der Waals surface area contributed by atoms with Gasteiger partial charge in [-0.15, -0.1) is 0 Å². The van der Waals surface area contributed by atoms with E-state index in [1.165, 1.54) is 54.6 Å². The third kappa shape index (κ3) is 5.81. The van der Waals surface area contributed by atoms with Gasteiger partial charge in [0.25, 0.3) is 0 Å². The first-order valence-corrected chi connectivity index (χ1v) is 10.1. The largest absolute Gasteiger partial charge is 0.870 e. The summed E-state index contributed by atoms with van der Waals surface area (Å²) in [5.41, 5.74) is 1.13. The molecule has 0 unspecified atom stereocenters. The monoisotopic (exact) mass is 439 g/mol. The van der Waals surface area contributed by atoms with Crippen molar-refractivity contribution in [3.05, 3.63) is 59.2 Å². The first-order chi connectivity index (χ1) is 15.2. The maximum atomic E-state index is 12.1. The average molecular weight is 439 g/mol. The zero-order valence-electron chi connectivity index (χ0n) is 17.1. The molecule has 1 saturated carbocycles. The average Bonchev–Trinajstić information content (AvgIpc) is 2.76. The molecule has 4 N–H and O–H groups in total. The van der Waals surface area contributed by atoms with Crippen molar-refractivity contribution in [3.63, 3.8) is 0 Å². The molecule has 0 radical (unpaired) electrons. The summed E-state index contributed by atoms with van der Waals surface area (Å²) in [5.74, 6) is -3.38. The SMILES string of the molecule is O=C(/C=C/c1ccc(O)c(O)c1)OC1CCC(/C(=C/c2ccc([O-])c(O)c2)C(=O)O)CC1. The summed E-state index contributed by atoms with van der Waals surface area (Å²) in [6, 6.07) is 8.04. The zero-order chi connectivity index (χ0) is 23.3. The van der Waals surface area contributed by atoms with Crippen molar-refractivity contribution in [2.24, 2.45) is 5.92 Å². The number of phenols is 3. The lowest BCUT2D eigenvalue weighted by Gasteiger charge is -2.28. The number of benzene rings is 2. The van der Waals surface area contributed by atoms with E-state index in [2.05, 4.69) is 0 Å². The van der Waals surface area contributed by atoms with Crippen molar-refractivity contribution >= 4 is 24.1 Å². The number of ether oxygens (including phenoxy) is 1. The number of carbonyl (C=O) groups excluding carboxylic acids is 1. The van der Waals surface area contributed by atoms with Gasteiger partial charge in [-0.3, -0.25) is 0 Å². The van der Waals surface area contributed by atoms with Crippen LogP contribution in [0.4, 0.5) is 0 Å². The second-order valence-electron chi connectivity index (χ2n) is 7.62. The van der Waals surface area contributed by atoms with Gasteiger partial charge in [0.15, 0.2) is 11.5 Å². The minimum Gasteiger partial charge on any atom is -0.870 e. The summed E-state index contributed by atoms with van der Waals surface area (Å²) in [4.78, 5) is 23.8. The molecular formula is C24H23O8-. The van der Waals surface area contributed by atoms with Crippen LogP contribution in [-0.2, 0) is 14.3 Å². The topological polar surface area (TPSA) is 147 Å². The number of carboxylic acids is 1. The van der Waals surface area contributed by atoms with E-state index in [0.29, 0.717) is 36.8 Å². The predicted molar refractivity (Wildman–Crippen MR) is 114 cm³/mol. The van der Waals surface area contributed by atoms with Crippen molar-refractivity contribution in [3.8, 4) is 23.0 Å². The second-order valence-corrected chi connectivity index (χ2v) is 7.62. The van der Waals surface area contributed by atoms with E-state index < -0.39 is 23.4 Å². The van der Waals surface area contributed by atoms with E-state index >= 15 is 0 Å². The number of hydrogen-bond acceptors (Lipinski definition) is 7. The van der Waals surface area contributed by atoms with Crippen LogP contribution in [0.15, 0.2) is 48.0 Å². The molecule has 0 saturated heterocycles. The molecule has 0 heterocycles. The number of esters is 1. The molecule has 1 aliphatic carbocycles. The van der Waals surface area contributed by atoms with E-state index in [1.54, 1.807) is 0 Å². The van der Waals surface area contributed by atoms with Crippen LogP contribution in [0.5, 0.6) is 23.0 Å². The molecule has 1 fully saturated rings. The minimum absolute atomic E-state index is 0.180. The van der Waals surface area contributed by atoms with Crippen LogP contribution in [0.2, 0.25) is 0 Å². The highest BCUT2D eigenvalue weighted by molar-refractivity contribution is 5.93. The van der Waals surface area contributed by atoms with Crippen molar-refractivity contribution in [2.75, 3.05) is 0 Å².